The second kappa shape index (κ2) is 10.1. The van der Waals surface area contributed by atoms with Crippen molar-refractivity contribution in [3.8, 4) is 5.75 Å². The summed E-state index contributed by atoms with van der Waals surface area (Å²) in [5, 5.41) is 8.97. The highest BCUT2D eigenvalue weighted by molar-refractivity contribution is 5.68. The molecule has 166 valence electrons. The molecule has 1 aliphatic heterocycles. The van der Waals surface area contributed by atoms with Gasteiger partial charge in [0.1, 0.15) is 0 Å². The molecule has 5 heteroatoms. The molecule has 0 aliphatic carbocycles. The lowest BCUT2D eigenvalue weighted by molar-refractivity contribution is -0.139. The molecule has 4 nitrogen and oxygen atoms in total. The predicted octanol–water partition coefficient (Wildman–Crippen LogP) is 6.07. The van der Waals surface area contributed by atoms with Crippen LogP contribution in [0, 0.1) is 11.7 Å². The van der Waals surface area contributed by atoms with Crippen LogP contribution < -0.4 is 4.74 Å². The monoisotopic (exact) mass is 426 g/mol. The fourth-order valence-corrected chi connectivity index (χ4v) is 4.42. The number of aliphatic carboxylic acids is 1. The molecule has 1 heterocycles. The van der Waals surface area contributed by atoms with Gasteiger partial charge in [-0.2, -0.15) is 0 Å². The molecule has 2 aromatic carbocycles. The predicted molar refractivity (Wildman–Crippen MR) is 119 cm³/mol. The lowest BCUT2D eigenvalue weighted by atomic mass is 9.75. The van der Waals surface area contributed by atoms with Gasteiger partial charge in [0.05, 0.1) is 12.2 Å². The molecule has 0 radical (unpaired) electrons. The van der Waals surface area contributed by atoms with E-state index in [9.17, 15) is 9.18 Å². The maximum absolute atomic E-state index is 14.5. The van der Waals surface area contributed by atoms with E-state index in [-0.39, 0.29) is 23.7 Å². The zero-order chi connectivity index (χ0) is 22.5. The van der Waals surface area contributed by atoms with E-state index < -0.39 is 24.5 Å². The van der Waals surface area contributed by atoms with Crippen molar-refractivity contribution in [2.75, 3.05) is 6.61 Å². The maximum Gasteiger partial charge on any atom is 0.341 e. The Balaban J connectivity index is 1.90. The summed E-state index contributed by atoms with van der Waals surface area (Å²) in [4.78, 5) is 11.0. The highest BCUT2D eigenvalue weighted by Gasteiger charge is 2.39. The molecule has 0 spiro atoms. The minimum absolute atomic E-state index is 0.0505. The molecule has 1 fully saturated rings. The fourth-order valence-electron chi connectivity index (χ4n) is 4.42. The van der Waals surface area contributed by atoms with Crippen molar-refractivity contribution in [3.63, 3.8) is 0 Å². The maximum atomic E-state index is 14.5. The lowest BCUT2D eigenvalue weighted by Gasteiger charge is -2.42. The molecule has 0 unspecified atom stereocenters. The third kappa shape index (κ3) is 5.34. The molecule has 0 saturated carbocycles. The number of halogens is 1. The number of ether oxygens (including phenoxy) is 2. The number of hydrogen-bond acceptors (Lipinski definition) is 3. The third-order valence-corrected chi connectivity index (χ3v) is 6.02. The van der Waals surface area contributed by atoms with Crippen molar-refractivity contribution < 1.29 is 23.8 Å². The minimum Gasteiger partial charge on any atom is -0.479 e. The highest BCUT2D eigenvalue weighted by atomic mass is 19.1. The largest absolute Gasteiger partial charge is 0.479 e. The molecule has 0 bridgehead atoms. The topological polar surface area (TPSA) is 55.8 Å². The van der Waals surface area contributed by atoms with E-state index in [0.717, 1.165) is 24.8 Å². The first kappa shape index (κ1) is 23.0. The second-order valence-corrected chi connectivity index (χ2v) is 8.39. The van der Waals surface area contributed by atoms with Gasteiger partial charge in [0.25, 0.3) is 0 Å². The number of carboxylic acid groups (broad SMARTS) is 1. The van der Waals surface area contributed by atoms with Crippen molar-refractivity contribution >= 4 is 5.97 Å². The molecular weight excluding hydrogens is 395 g/mol. The number of hydrogen-bond donors (Lipinski definition) is 1. The van der Waals surface area contributed by atoms with Crippen molar-refractivity contribution in [3.05, 3.63) is 77.1 Å². The van der Waals surface area contributed by atoms with Gasteiger partial charge in [-0.15, -0.1) is 0 Å². The molecule has 31 heavy (non-hydrogen) atoms. The van der Waals surface area contributed by atoms with Gasteiger partial charge < -0.3 is 14.6 Å². The molecule has 1 N–H and O–H groups in total. The van der Waals surface area contributed by atoms with Gasteiger partial charge in [-0.1, -0.05) is 61.9 Å². The third-order valence-electron chi connectivity index (χ3n) is 6.02. The van der Waals surface area contributed by atoms with E-state index >= 15 is 0 Å². The van der Waals surface area contributed by atoms with Crippen LogP contribution in [0.4, 0.5) is 4.39 Å². The Kier molecular flexibility index (Phi) is 7.50. The number of carbonyl (C=O) groups is 1. The fraction of sp³-hybridized carbons (Fsp3) is 0.423. The average Bonchev–Trinajstić information content (AvgIpc) is 2.73. The van der Waals surface area contributed by atoms with Crippen LogP contribution in [0.5, 0.6) is 5.75 Å². The average molecular weight is 427 g/mol. The SMILES string of the molecule is C=C(C)[C@H]1C[C@H](c2ccc(CCC)cc2)[C@H](C)O[C@@H]1c1cccc(F)c1OCC(=O)O. The zero-order valence-electron chi connectivity index (χ0n) is 18.4. The van der Waals surface area contributed by atoms with Gasteiger partial charge in [0.15, 0.2) is 18.2 Å². The first-order valence-corrected chi connectivity index (χ1v) is 10.8. The van der Waals surface area contributed by atoms with Crippen LogP contribution in [0.3, 0.4) is 0 Å². The van der Waals surface area contributed by atoms with Crippen LogP contribution in [0.1, 0.15) is 62.3 Å². The Bertz CT molecular complexity index is 922. The van der Waals surface area contributed by atoms with E-state index in [1.165, 1.54) is 17.2 Å². The summed E-state index contributed by atoms with van der Waals surface area (Å²) in [5.74, 6) is -1.67. The van der Waals surface area contributed by atoms with Crippen molar-refractivity contribution in [1.82, 2.24) is 0 Å². The van der Waals surface area contributed by atoms with E-state index in [4.69, 9.17) is 14.6 Å². The smallest absolute Gasteiger partial charge is 0.341 e. The van der Waals surface area contributed by atoms with E-state index in [0.29, 0.717) is 5.56 Å². The number of benzene rings is 2. The Morgan fingerprint density at radius 2 is 1.97 bits per heavy atom. The number of rotatable bonds is 8. The quantitative estimate of drug-likeness (QED) is 0.521. The van der Waals surface area contributed by atoms with Gasteiger partial charge in [0.2, 0.25) is 0 Å². The number of para-hydroxylation sites is 1. The van der Waals surface area contributed by atoms with Crippen LogP contribution in [0.25, 0.3) is 0 Å². The highest BCUT2D eigenvalue weighted by Crippen LogP contribution is 2.48. The second-order valence-electron chi connectivity index (χ2n) is 8.39. The normalized spacial score (nSPS) is 23.4. The van der Waals surface area contributed by atoms with Crippen LogP contribution >= 0.6 is 0 Å². The van der Waals surface area contributed by atoms with Gasteiger partial charge in [-0.3, -0.25) is 0 Å². The molecule has 1 saturated heterocycles. The van der Waals surface area contributed by atoms with Crippen LogP contribution in [0.2, 0.25) is 0 Å². The van der Waals surface area contributed by atoms with Crippen molar-refractivity contribution in [2.45, 2.75) is 58.2 Å². The summed E-state index contributed by atoms with van der Waals surface area (Å²) in [6, 6.07) is 13.3. The van der Waals surface area contributed by atoms with Gasteiger partial charge >= 0.3 is 5.97 Å². The molecular formula is C26H31FO4. The summed E-state index contributed by atoms with van der Waals surface area (Å²) < 4.78 is 26.3. The molecule has 2 aromatic rings. The summed E-state index contributed by atoms with van der Waals surface area (Å²) in [6.07, 6.45) is 2.42. The van der Waals surface area contributed by atoms with E-state index in [1.807, 2.05) is 13.8 Å². The molecule has 4 atom stereocenters. The van der Waals surface area contributed by atoms with Crippen LogP contribution in [-0.2, 0) is 16.0 Å². The first-order valence-electron chi connectivity index (χ1n) is 10.8. The molecule has 0 amide bonds. The molecule has 1 aliphatic rings. The van der Waals surface area contributed by atoms with Crippen molar-refractivity contribution in [1.29, 1.82) is 0 Å². The summed E-state index contributed by atoms with van der Waals surface area (Å²) in [6.45, 7) is 9.71. The zero-order valence-corrected chi connectivity index (χ0v) is 18.4. The molecule has 3 rings (SSSR count). The minimum atomic E-state index is -1.16. The Morgan fingerprint density at radius 3 is 2.58 bits per heavy atom. The summed E-state index contributed by atoms with van der Waals surface area (Å²) in [7, 11) is 0. The van der Waals surface area contributed by atoms with Gasteiger partial charge in [-0.05, 0) is 43.9 Å². The van der Waals surface area contributed by atoms with Gasteiger partial charge in [-0.25, -0.2) is 9.18 Å². The number of carboxylic acids is 1. The van der Waals surface area contributed by atoms with Gasteiger partial charge in [0, 0.05) is 17.4 Å². The standard InChI is InChI=1S/C26H31FO4/c1-5-7-18-10-12-19(13-11-18)22-14-21(16(2)3)25(31-17(22)4)20-8-6-9-23(27)26(20)30-15-24(28)29/h6,8-13,17,21-22,25H,2,5,7,14-15H2,1,3-4H3,(H,28,29)/t17-,21+,22-,25+/m0/s1. The lowest BCUT2D eigenvalue weighted by Crippen LogP contribution is -2.34. The number of aryl methyl sites for hydroxylation is 1. The van der Waals surface area contributed by atoms with E-state index in [1.54, 1.807) is 12.1 Å². The first-order chi connectivity index (χ1) is 14.8. The Morgan fingerprint density at radius 1 is 1.26 bits per heavy atom. The summed E-state index contributed by atoms with van der Waals surface area (Å²) >= 11 is 0. The van der Waals surface area contributed by atoms with E-state index in [2.05, 4.69) is 37.8 Å². The summed E-state index contributed by atoms with van der Waals surface area (Å²) in [5.41, 5.74) is 4.01. The van der Waals surface area contributed by atoms with Crippen molar-refractivity contribution in [2.24, 2.45) is 5.92 Å². The molecule has 0 aromatic heterocycles. The van der Waals surface area contributed by atoms with Crippen LogP contribution in [-0.4, -0.2) is 23.8 Å². The van der Waals surface area contributed by atoms with Crippen LogP contribution in [0.15, 0.2) is 54.6 Å². The Hall–Kier alpha value is -2.66. The Labute approximate surface area is 183 Å².